The molecular formula is C16H14ClNO5S2. The van der Waals surface area contributed by atoms with Crippen molar-refractivity contribution >= 4 is 50.4 Å². The topological polar surface area (TPSA) is 80.8 Å². The quantitative estimate of drug-likeness (QED) is 0.570. The first kappa shape index (κ1) is 17.9. The van der Waals surface area contributed by atoms with Crippen molar-refractivity contribution in [3.05, 3.63) is 50.7 Å². The molecule has 0 unspecified atom stereocenters. The summed E-state index contributed by atoms with van der Waals surface area (Å²) in [5.41, 5.74) is 1.75. The van der Waals surface area contributed by atoms with Gasteiger partial charge in [-0.3, -0.25) is 9.10 Å². The summed E-state index contributed by atoms with van der Waals surface area (Å²) in [4.78, 5) is 24.4. The third-order valence-corrected chi connectivity index (χ3v) is 6.15. The minimum absolute atomic E-state index is 0.329. The number of carbonyl (C=O) groups excluding carboxylic acids is 2. The molecule has 0 radical (unpaired) electrons. The van der Waals surface area contributed by atoms with E-state index in [0.717, 1.165) is 23.2 Å². The molecule has 1 aromatic carbocycles. The summed E-state index contributed by atoms with van der Waals surface area (Å²) in [5.74, 6) is -0.953. The van der Waals surface area contributed by atoms with Crippen molar-refractivity contribution in [2.24, 2.45) is 0 Å². The summed E-state index contributed by atoms with van der Waals surface area (Å²) < 4.78 is 30.2. The lowest BCUT2D eigenvalue weighted by molar-refractivity contribution is 0.0479. The Morgan fingerprint density at radius 3 is 2.68 bits per heavy atom. The first-order valence-corrected chi connectivity index (χ1v) is 10.4. The van der Waals surface area contributed by atoms with Crippen LogP contribution in [0.15, 0.2) is 30.3 Å². The maximum Gasteiger partial charge on any atom is 0.348 e. The van der Waals surface area contributed by atoms with Crippen LogP contribution in [0.25, 0.3) is 0 Å². The van der Waals surface area contributed by atoms with E-state index in [4.69, 9.17) is 16.3 Å². The van der Waals surface area contributed by atoms with Crippen molar-refractivity contribution in [3.8, 4) is 0 Å². The number of fused-ring (bicyclic) bond motifs is 1. The third-order valence-electron chi connectivity index (χ3n) is 3.76. The minimum atomic E-state index is -3.33. The van der Waals surface area contributed by atoms with Gasteiger partial charge in [-0.1, -0.05) is 11.6 Å². The van der Waals surface area contributed by atoms with Crippen LogP contribution in [-0.4, -0.2) is 39.6 Å². The fraction of sp³-hybridized carbons (Fsp3) is 0.250. The maximum atomic E-state index is 12.2. The number of benzene rings is 1. The van der Waals surface area contributed by atoms with E-state index in [0.29, 0.717) is 33.4 Å². The van der Waals surface area contributed by atoms with E-state index < -0.39 is 16.0 Å². The molecule has 1 aliphatic rings. The average Bonchev–Trinajstić information content (AvgIpc) is 3.17. The van der Waals surface area contributed by atoms with Crippen LogP contribution in [0.2, 0.25) is 4.34 Å². The maximum absolute atomic E-state index is 12.2. The molecule has 132 valence electrons. The smallest absolute Gasteiger partial charge is 0.348 e. The van der Waals surface area contributed by atoms with Gasteiger partial charge >= 0.3 is 5.97 Å². The Kier molecular flexibility index (Phi) is 4.86. The highest BCUT2D eigenvalue weighted by Crippen LogP contribution is 2.30. The number of ether oxygens (including phenoxy) is 1. The normalized spacial score (nSPS) is 13.6. The zero-order chi connectivity index (χ0) is 18.2. The highest BCUT2D eigenvalue weighted by molar-refractivity contribution is 7.92. The van der Waals surface area contributed by atoms with Gasteiger partial charge in [0.05, 0.1) is 16.3 Å². The Morgan fingerprint density at radius 1 is 1.28 bits per heavy atom. The molecule has 0 spiro atoms. The Bertz CT molecular complexity index is 951. The molecule has 0 saturated heterocycles. The summed E-state index contributed by atoms with van der Waals surface area (Å²) >= 11 is 6.84. The molecule has 0 atom stereocenters. The molecule has 0 saturated carbocycles. The lowest BCUT2D eigenvalue weighted by atomic mass is 10.1. The Labute approximate surface area is 154 Å². The van der Waals surface area contributed by atoms with Crippen molar-refractivity contribution < 1.29 is 22.7 Å². The molecule has 0 amide bonds. The second-order valence-electron chi connectivity index (χ2n) is 5.53. The van der Waals surface area contributed by atoms with Crippen LogP contribution < -0.4 is 4.31 Å². The highest BCUT2D eigenvalue weighted by atomic mass is 35.5. The van der Waals surface area contributed by atoms with E-state index in [1.807, 2.05) is 0 Å². The summed E-state index contributed by atoms with van der Waals surface area (Å²) in [5, 5.41) is 0. The Balaban J connectivity index is 1.69. The van der Waals surface area contributed by atoms with Gasteiger partial charge in [0, 0.05) is 12.1 Å². The summed E-state index contributed by atoms with van der Waals surface area (Å²) in [7, 11) is -3.33. The lowest BCUT2D eigenvalue weighted by Crippen LogP contribution is -2.27. The van der Waals surface area contributed by atoms with Crippen molar-refractivity contribution in [1.29, 1.82) is 0 Å². The highest BCUT2D eigenvalue weighted by Gasteiger charge is 2.26. The number of nitrogens with zero attached hydrogens (tertiary/aromatic N) is 1. The van der Waals surface area contributed by atoms with Gasteiger partial charge in [-0.15, -0.1) is 11.3 Å². The summed E-state index contributed by atoms with van der Waals surface area (Å²) in [6, 6.07) is 7.92. The van der Waals surface area contributed by atoms with Crippen molar-refractivity contribution in [3.63, 3.8) is 0 Å². The molecular weight excluding hydrogens is 386 g/mol. The minimum Gasteiger partial charge on any atom is -0.453 e. The monoisotopic (exact) mass is 399 g/mol. The molecule has 9 heteroatoms. The molecule has 0 aliphatic carbocycles. The number of hydrogen-bond donors (Lipinski definition) is 0. The van der Waals surface area contributed by atoms with E-state index in [9.17, 15) is 18.0 Å². The lowest BCUT2D eigenvalue weighted by Gasteiger charge is -2.16. The molecule has 2 heterocycles. The number of hydrogen-bond acceptors (Lipinski definition) is 6. The van der Waals surface area contributed by atoms with Crippen LogP contribution in [0.1, 0.15) is 25.6 Å². The number of rotatable bonds is 5. The predicted molar refractivity (Wildman–Crippen MR) is 96.3 cm³/mol. The number of carbonyl (C=O) groups is 2. The average molecular weight is 400 g/mol. The van der Waals surface area contributed by atoms with E-state index in [-0.39, 0.29) is 12.4 Å². The van der Waals surface area contributed by atoms with Gasteiger partial charge in [-0.2, -0.15) is 0 Å². The van der Waals surface area contributed by atoms with Crippen LogP contribution in [0.5, 0.6) is 0 Å². The van der Waals surface area contributed by atoms with Gasteiger partial charge < -0.3 is 4.74 Å². The Hall–Kier alpha value is -1.90. The molecule has 3 rings (SSSR count). The number of ketones is 1. The van der Waals surface area contributed by atoms with Crippen LogP contribution in [0.3, 0.4) is 0 Å². The third kappa shape index (κ3) is 3.86. The SMILES string of the molecule is CS(=O)(=O)N1CCc2cc(C(=O)COC(=O)c3ccc(Cl)s3)ccc21. The predicted octanol–water partition coefficient (Wildman–Crippen LogP) is 2.76. The zero-order valence-corrected chi connectivity index (χ0v) is 15.6. The molecule has 25 heavy (non-hydrogen) atoms. The molecule has 2 aromatic rings. The summed E-state index contributed by atoms with van der Waals surface area (Å²) in [6.07, 6.45) is 1.69. The van der Waals surface area contributed by atoms with Gasteiger partial charge in [-0.25, -0.2) is 13.2 Å². The first-order chi connectivity index (χ1) is 11.8. The van der Waals surface area contributed by atoms with E-state index >= 15 is 0 Å². The first-order valence-electron chi connectivity index (χ1n) is 7.32. The second kappa shape index (κ2) is 6.78. The van der Waals surface area contributed by atoms with E-state index in [1.165, 1.54) is 10.4 Å². The van der Waals surface area contributed by atoms with Gasteiger partial charge in [0.1, 0.15) is 4.88 Å². The fourth-order valence-electron chi connectivity index (χ4n) is 2.60. The van der Waals surface area contributed by atoms with Crippen LogP contribution in [0.4, 0.5) is 5.69 Å². The number of halogens is 1. The number of thiophene rings is 1. The van der Waals surface area contributed by atoms with Gasteiger partial charge in [0.2, 0.25) is 10.0 Å². The molecule has 6 nitrogen and oxygen atoms in total. The zero-order valence-electron chi connectivity index (χ0n) is 13.2. The number of Topliss-reactive ketones (excluding diaryl/α,β-unsaturated/α-hetero) is 1. The second-order valence-corrected chi connectivity index (χ2v) is 9.15. The molecule has 0 N–H and O–H groups in total. The van der Waals surface area contributed by atoms with Gasteiger partial charge in [0.15, 0.2) is 12.4 Å². The fourth-order valence-corrected chi connectivity index (χ4v) is 4.49. The Morgan fingerprint density at radius 2 is 2.04 bits per heavy atom. The molecule has 0 bridgehead atoms. The molecule has 0 fully saturated rings. The van der Waals surface area contributed by atoms with Crippen LogP contribution in [0, 0.1) is 0 Å². The standard InChI is InChI=1S/C16H14ClNO5S2/c1-25(21,22)18-7-6-10-8-11(2-3-12(10)18)13(19)9-23-16(20)14-4-5-15(17)24-14/h2-5,8H,6-7,9H2,1H3. The van der Waals surface area contributed by atoms with E-state index in [1.54, 1.807) is 24.3 Å². The van der Waals surface area contributed by atoms with Crippen molar-refractivity contribution in [1.82, 2.24) is 0 Å². The number of sulfonamides is 1. The number of esters is 1. The largest absolute Gasteiger partial charge is 0.453 e. The van der Waals surface area contributed by atoms with Crippen LogP contribution >= 0.6 is 22.9 Å². The van der Waals surface area contributed by atoms with Crippen LogP contribution in [-0.2, 0) is 21.2 Å². The molecule has 1 aromatic heterocycles. The number of anilines is 1. The molecule has 1 aliphatic heterocycles. The van der Waals surface area contributed by atoms with E-state index in [2.05, 4.69) is 0 Å². The van der Waals surface area contributed by atoms with Crippen molar-refractivity contribution in [2.45, 2.75) is 6.42 Å². The van der Waals surface area contributed by atoms with Crippen molar-refractivity contribution in [2.75, 3.05) is 23.7 Å². The van der Waals surface area contributed by atoms with Gasteiger partial charge in [-0.05, 0) is 42.3 Å². The summed E-state index contributed by atoms with van der Waals surface area (Å²) in [6.45, 7) is -0.0249. The van der Waals surface area contributed by atoms with Gasteiger partial charge in [0.25, 0.3) is 0 Å².